The Hall–Kier alpha value is -3.17. The number of anilines is 1. The molecule has 4 amide bonds. The average Bonchev–Trinajstić information content (AvgIpc) is 2.59. The summed E-state index contributed by atoms with van der Waals surface area (Å²) in [5.41, 5.74) is 0.678. The molecule has 2 N–H and O–H groups in total. The lowest BCUT2D eigenvalue weighted by atomic mass is 10.1. The minimum atomic E-state index is -0.624. The van der Waals surface area contributed by atoms with Gasteiger partial charge in [0.2, 0.25) is 0 Å². The number of nitro groups is 1. The van der Waals surface area contributed by atoms with E-state index in [0.29, 0.717) is 17.8 Å². The summed E-state index contributed by atoms with van der Waals surface area (Å²) in [6.07, 6.45) is 0. The number of nitrogens with zero attached hydrogens (tertiary/aromatic N) is 3. The van der Waals surface area contributed by atoms with Crippen molar-refractivity contribution in [1.82, 2.24) is 15.1 Å². The second-order valence-corrected chi connectivity index (χ2v) is 5.95. The predicted octanol–water partition coefficient (Wildman–Crippen LogP) is 0.0777. The van der Waals surface area contributed by atoms with Gasteiger partial charge in [0.15, 0.2) is 0 Å². The zero-order chi connectivity index (χ0) is 18.1. The van der Waals surface area contributed by atoms with Crippen molar-refractivity contribution in [3.8, 4) is 0 Å². The molecule has 1 aromatic rings. The lowest BCUT2D eigenvalue weighted by Crippen LogP contribution is -2.66. The number of hydrogen-bond donors (Lipinski definition) is 2. The van der Waals surface area contributed by atoms with E-state index in [1.54, 1.807) is 13.0 Å². The zero-order valence-electron chi connectivity index (χ0n) is 13.5. The quantitative estimate of drug-likeness (QED) is 0.445. The first-order valence-electron chi connectivity index (χ1n) is 7.77. The van der Waals surface area contributed by atoms with Crippen LogP contribution in [0.3, 0.4) is 0 Å². The van der Waals surface area contributed by atoms with Crippen LogP contribution in [-0.2, 0) is 9.59 Å². The van der Waals surface area contributed by atoms with E-state index < -0.39 is 22.8 Å². The summed E-state index contributed by atoms with van der Waals surface area (Å²) in [5, 5.41) is 16.2. The highest BCUT2D eigenvalue weighted by molar-refractivity contribution is 6.35. The summed E-state index contributed by atoms with van der Waals surface area (Å²) < 4.78 is 0. The van der Waals surface area contributed by atoms with Crippen LogP contribution in [0.15, 0.2) is 18.2 Å². The number of carbonyl (C=O) groups is 3. The van der Waals surface area contributed by atoms with Gasteiger partial charge in [0.05, 0.1) is 22.2 Å². The lowest BCUT2D eigenvalue weighted by Gasteiger charge is -2.43. The van der Waals surface area contributed by atoms with Gasteiger partial charge in [-0.1, -0.05) is 6.07 Å². The van der Waals surface area contributed by atoms with E-state index in [-0.39, 0.29) is 31.4 Å². The van der Waals surface area contributed by atoms with Crippen molar-refractivity contribution in [1.29, 1.82) is 0 Å². The number of rotatable bonds is 2. The molecule has 1 aromatic carbocycles. The van der Waals surface area contributed by atoms with Gasteiger partial charge in [0, 0.05) is 32.2 Å². The molecule has 10 nitrogen and oxygen atoms in total. The minimum Gasteiger partial charge on any atom is -0.346 e. The van der Waals surface area contributed by atoms with Crippen LogP contribution in [0.25, 0.3) is 0 Å². The Balaban J connectivity index is 1.69. The number of fused-ring (bicyclic) bond motifs is 1. The molecule has 2 heterocycles. The van der Waals surface area contributed by atoms with Crippen molar-refractivity contribution in [3.63, 3.8) is 0 Å². The normalized spacial score (nSPS) is 20.0. The molecule has 2 aliphatic rings. The first-order valence-corrected chi connectivity index (χ1v) is 7.77. The Morgan fingerprint density at radius 3 is 2.84 bits per heavy atom. The van der Waals surface area contributed by atoms with Crippen LogP contribution in [0.2, 0.25) is 0 Å². The van der Waals surface area contributed by atoms with Crippen molar-refractivity contribution in [2.24, 2.45) is 0 Å². The van der Waals surface area contributed by atoms with E-state index in [0.717, 1.165) is 0 Å². The maximum absolute atomic E-state index is 12.5. The number of hydrogen-bond acceptors (Lipinski definition) is 5. The van der Waals surface area contributed by atoms with Gasteiger partial charge in [-0.15, -0.1) is 0 Å². The van der Waals surface area contributed by atoms with Gasteiger partial charge < -0.3 is 20.4 Å². The molecular weight excluding hydrogens is 330 g/mol. The number of amides is 4. The van der Waals surface area contributed by atoms with Crippen LogP contribution in [-0.4, -0.2) is 64.8 Å². The van der Waals surface area contributed by atoms with Crippen LogP contribution in [0.4, 0.5) is 16.2 Å². The molecule has 25 heavy (non-hydrogen) atoms. The summed E-state index contributed by atoms with van der Waals surface area (Å²) in [6.45, 7) is 2.71. The van der Waals surface area contributed by atoms with E-state index >= 15 is 0 Å². The minimum absolute atomic E-state index is 0.0665. The van der Waals surface area contributed by atoms with Crippen molar-refractivity contribution >= 4 is 29.2 Å². The molecule has 2 fully saturated rings. The Kier molecular flexibility index (Phi) is 4.26. The number of piperazine rings is 2. The summed E-state index contributed by atoms with van der Waals surface area (Å²) >= 11 is 0. The molecule has 1 atom stereocenters. The Morgan fingerprint density at radius 2 is 2.12 bits per heavy atom. The molecule has 0 aromatic heterocycles. The second kappa shape index (κ2) is 6.38. The molecule has 0 radical (unpaired) electrons. The van der Waals surface area contributed by atoms with E-state index in [1.807, 2.05) is 0 Å². The summed E-state index contributed by atoms with van der Waals surface area (Å²) in [4.78, 5) is 49.2. The van der Waals surface area contributed by atoms with E-state index in [9.17, 15) is 24.5 Å². The smallest absolute Gasteiger partial charge is 0.321 e. The fraction of sp³-hybridized carbons (Fsp3) is 0.400. The average molecular weight is 347 g/mol. The molecule has 0 bridgehead atoms. The first-order chi connectivity index (χ1) is 11.9. The number of urea groups is 1. The second-order valence-electron chi connectivity index (χ2n) is 5.95. The largest absolute Gasteiger partial charge is 0.346 e. The van der Waals surface area contributed by atoms with Gasteiger partial charge >= 0.3 is 17.8 Å². The Morgan fingerprint density at radius 1 is 1.36 bits per heavy atom. The van der Waals surface area contributed by atoms with E-state index in [2.05, 4.69) is 10.6 Å². The molecule has 0 unspecified atom stereocenters. The van der Waals surface area contributed by atoms with E-state index in [1.165, 1.54) is 21.9 Å². The highest BCUT2D eigenvalue weighted by Crippen LogP contribution is 2.25. The van der Waals surface area contributed by atoms with Crippen LogP contribution in [0, 0.1) is 17.0 Å². The molecule has 3 rings (SSSR count). The number of benzene rings is 1. The Labute approximate surface area is 142 Å². The van der Waals surface area contributed by atoms with Gasteiger partial charge in [-0.2, -0.15) is 0 Å². The standard InChI is InChI=1S/C15H17N5O5/c1-9-11(3-2-4-12(9)20(24)25)17-15(23)18-5-6-19-10(8-18)7-16-13(21)14(19)22/h2-4,10H,5-8H2,1H3,(H,16,21)(H,17,23)/t10-/m0/s1. The number of nitrogens with one attached hydrogen (secondary N) is 2. The first kappa shape index (κ1) is 16.7. The molecule has 132 valence electrons. The number of carbonyl (C=O) groups excluding carboxylic acids is 3. The highest BCUT2D eigenvalue weighted by Gasteiger charge is 2.38. The highest BCUT2D eigenvalue weighted by atomic mass is 16.6. The van der Waals surface area contributed by atoms with Gasteiger partial charge in [-0.3, -0.25) is 19.7 Å². The van der Waals surface area contributed by atoms with Gasteiger partial charge in [0.1, 0.15) is 0 Å². The summed E-state index contributed by atoms with van der Waals surface area (Å²) in [6, 6.07) is 3.82. The number of nitro benzene ring substituents is 1. The van der Waals surface area contributed by atoms with Gasteiger partial charge in [-0.25, -0.2) is 4.79 Å². The zero-order valence-corrected chi connectivity index (χ0v) is 13.5. The van der Waals surface area contributed by atoms with Crippen molar-refractivity contribution in [2.45, 2.75) is 13.0 Å². The molecule has 0 aliphatic carbocycles. The van der Waals surface area contributed by atoms with Crippen LogP contribution >= 0.6 is 0 Å². The van der Waals surface area contributed by atoms with Crippen LogP contribution < -0.4 is 10.6 Å². The van der Waals surface area contributed by atoms with Gasteiger partial charge in [0.25, 0.3) is 5.69 Å². The predicted molar refractivity (Wildman–Crippen MR) is 86.9 cm³/mol. The van der Waals surface area contributed by atoms with Crippen molar-refractivity contribution in [2.75, 3.05) is 31.5 Å². The van der Waals surface area contributed by atoms with Crippen LogP contribution in [0.1, 0.15) is 5.56 Å². The Bertz CT molecular complexity index is 765. The van der Waals surface area contributed by atoms with Crippen molar-refractivity contribution < 1.29 is 19.3 Å². The third kappa shape index (κ3) is 3.10. The van der Waals surface area contributed by atoms with Crippen LogP contribution in [0.5, 0.6) is 0 Å². The molecule has 2 aliphatic heterocycles. The molecule has 10 heteroatoms. The molecule has 2 saturated heterocycles. The maximum Gasteiger partial charge on any atom is 0.321 e. The third-order valence-electron chi connectivity index (χ3n) is 4.47. The lowest BCUT2D eigenvalue weighted by molar-refractivity contribution is -0.385. The summed E-state index contributed by atoms with van der Waals surface area (Å²) in [7, 11) is 0. The van der Waals surface area contributed by atoms with E-state index in [4.69, 9.17) is 0 Å². The molecular formula is C15H17N5O5. The van der Waals surface area contributed by atoms with Crippen molar-refractivity contribution in [3.05, 3.63) is 33.9 Å². The fourth-order valence-electron chi connectivity index (χ4n) is 3.05. The maximum atomic E-state index is 12.5. The fourth-order valence-corrected chi connectivity index (χ4v) is 3.05. The molecule has 0 spiro atoms. The SMILES string of the molecule is Cc1c(NC(=O)N2CCN3C(=O)C(=O)NC[C@H]3C2)cccc1[N+](=O)[O-]. The summed E-state index contributed by atoms with van der Waals surface area (Å²) in [5.74, 6) is -1.20. The van der Waals surface area contributed by atoms with Gasteiger partial charge in [-0.05, 0) is 13.0 Å². The monoisotopic (exact) mass is 347 g/mol. The third-order valence-corrected chi connectivity index (χ3v) is 4.47. The topological polar surface area (TPSA) is 125 Å². The molecule has 0 saturated carbocycles.